The van der Waals surface area contributed by atoms with E-state index in [1.807, 2.05) is 78.6 Å². The Morgan fingerprint density at radius 3 is 2.35 bits per heavy atom. The lowest BCUT2D eigenvalue weighted by atomic mass is 9.77. The fourth-order valence-corrected chi connectivity index (χ4v) is 5.88. The molecule has 6 nitrogen and oxygen atoms in total. The maximum absolute atomic E-state index is 14.2. The van der Waals surface area contributed by atoms with E-state index in [0.717, 1.165) is 48.1 Å². The molecule has 3 aromatic carbocycles. The van der Waals surface area contributed by atoms with E-state index in [4.69, 9.17) is 9.47 Å². The topological polar surface area (TPSA) is 67.9 Å². The van der Waals surface area contributed by atoms with Crippen LogP contribution in [0.15, 0.2) is 66.7 Å². The molecular weight excluding hydrogens is 464 g/mol. The van der Waals surface area contributed by atoms with E-state index in [1.54, 1.807) is 14.2 Å². The van der Waals surface area contributed by atoms with Crippen LogP contribution < -0.4 is 14.8 Å². The molecule has 0 unspecified atom stereocenters. The Morgan fingerprint density at radius 1 is 0.919 bits per heavy atom. The van der Waals surface area contributed by atoms with Crippen molar-refractivity contribution in [2.75, 3.05) is 19.5 Å². The molecule has 1 aliphatic carbocycles. The van der Waals surface area contributed by atoms with Gasteiger partial charge in [0.25, 0.3) is 5.91 Å². The van der Waals surface area contributed by atoms with Crippen molar-refractivity contribution in [1.29, 1.82) is 0 Å². The van der Waals surface area contributed by atoms with Gasteiger partial charge < -0.3 is 19.7 Å². The lowest BCUT2D eigenvalue weighted by Gasteiger charge is -2.46. The number of methoxy groups -OCH3 is 2. The zero-order valence-corrected chi connectivity index (χ0v) is 21.7. The van der Waals surface area contributed by atoms with Crippen molar-refractivity contribution in [1.82, 2.24) is 4.90 Å². The minimum atomic E-state index is -0.588. The van der Waals surface area contributed by atoms with Gasteiger partial charge >= 0.3 is 0 Å². The fraction of sp³-hybridized carbons (Fsp3) is 0.355. The van der Waals surface area contributed by atoms with Crippen LogP contribution in [-0.4, -0.2) is 37.0 Å². The van der Waals surface area contributed by atoms with Gasteiger partial charge in [-0.15, -0.1) is 0 Å². The van der Waals surface area contributed by atoms with Crippen molar-refractivity contribution in [3.8, 4) is 11.5 Å². The average Bonchev–Trinajstić information content (AvgIpc) is 2.93. The van der Waals surface area contributed by atoms with Crippen LogP contribution in [0.1, 0.15) is 71.1 Å². The first-order chi connectivity index (χ1) is 18.0. The number of fused-ring (bicyclic) bond motifs is 1. The number of hydrogen-bond donors (Lipinski definition) is 1. The Bertz CT molecular complexity index is 1280. The van der Waals surface area contributed by atoms with Gasteiger partial charge in [-0.25, -0.2) is 0 Å². The van der Waals surface area contributed by atoms with Gasteiger partial charge in [0.1, 0.15) is 11.5 Å². The summed E-state index contributed by atoms with van der Waals surface area (Å²) in [7, 11) is 3.23. The third-order valence-corrected chi connectivity index (χ3v) is 7.70. The monoisotopic (exact) mass is 498 g/mol. The van der Waals surface area contributed by atoms with Crippen LogP contribution in [0.2, 0.25) is 0 Å². The zero-order valence-electron chi connectivity index (χ0n) is 21.7. The van der Waals surface area contributed by atoms with Crippen molar-refractivity contribution in [3.05, 3.63) is 89.0 Å². The molecule has 5 rings (SSSR count). The van der Waals surface area contributed by atoms with Crippen molar-refractivity contribution < 1.29 is 19.1 Å². The minimum Gasteiger partial charge on any atom is -0.497 e. The molecule has 3 aromatic rings. The Morgan fingerprint density at radius 2 is 1.65 bits per heavy atom. The van der Waals surface area contributed by atoms with Gasteiger partial charge in [-0.2, -0.15) is 0 Å². The number of nitrogens with zero attached hydrogens (tertiary/aromatic N) is 1. The molecule has 1 heterocycles. The maximum Gasteiger partial charge on any atom is 0.254 e. The number of nitrogens with one attached hydrogen (secondary N) is 1. The summed E-state index contributed by atoms with van der Waals surface area (Å²) in [5.74, 6) is 0.589. The molecule has 0 bridgehead atoms. The van der Waals surface area contributed by atoms with E-state index >= 15 is 0 Å². The molecule has 2 aliphatic rings. The van der Waals surface area contributed by atoms with Gasteiger partial charge in [-0.3, -0.25) is 9.59 Å². The highest BCUT2D eigenvalue weighted by Gasteiger charge is 2.46. The number of benzene rings is 3. The molecule has 0 radical (unpaired) electrons. The summed E-state index contributed by atoms with van der Waals surface area (Å²) < 4.78 is 10.9. The van der Waals surface area contributed by atoms with Crippen molar-refractivity contribution in [2.24, 2.45) is 0 Å². The minimum absolute atomic E-state index is 0.000467. The molecular formula is C31H34N2O4. The average molecular weight is 499 g/mol. The second-order valence-corrected chi connectivity index (χ2v) is 9.98. The summed E-state index contributed by atoms with van der Waals surface area (Å²) >= 11 is 0. The van der Waals surface area contributed by atoms with Gasteiger partial charge in [-0.05, 0) is 66.8 Å². The summed E-state index contributed by atoms with van der Waals surface area (Å²) in [5.41, 5.74) is 3.93. The SMILES string of the molecule is COc1ccc([C@H]2[C@@H](C(=O)Nc3cc(C)ccc3OC)c3ccccc3C(=O)N2C2CCCCC2)cc1. The van der Waals surface area contributed by atoms with Crippen molar-refractivity contribution in [3.63, 3.8) is 0 Å². The largest absolute Gasteiger partial charge is 0.497 e. The molecule has 0 spiro atoms. The lowest BCUT2D eigenvalue weighted by molar-refractivity contribution is -0.119. The second-order valence-electron chi connectivity index (χ2n) is 9.98. The van der Waals surface area contributed by atoms with E-state index in [2.05, 4.69) is 5.32 Å². The molecule has 2 amide bonds. The predicted molar refractivity (Wildman–Crippen MR) is 144 cm³/mol. The van der Waals surface area contributed by atoms with Gasteiger partial charge in [0, 0.05) is 11.6 Å². The summed E-state index contributed by atoms with van der Waals surface area (Å²) in [6.07, 6.45) is 5.24. The number of ether oxygens (including phenoxy) is 2. The molecule has 1 N–H and O–H groups in total. The summed E-state index contributed by atoms with van der Waals surface area (Å²) in [6.45, 7) is 1.98. The molecule has 192 valence electrons. The smallest absolute Gasteiger partial charge is 0.254 e. The molecule has 6 heteroatoms. The van der Waals surface area contributed by atoms with Crippen LogP contribution in [0.3, 0.4) is 0 Å². The standard InChI is InChI=1S/C31H34N2O4/c1-20-13-18-27(37-3)26(19-20)32-30(34)28-24-11-7-8-12-25(24)31(35)33(22-9-5-4-6-10-22)29(28)21-14-16-23(36-2)17-15-21/h7-8,11-19,22,28-29H,4-6,9-10H2,1-3H3,(H,32,34)/t28-,29-/m0/s1. The first kappa shape index (κ1) is 24.9. The van der Waals surface area contributed by atoms with E-state index in [9.17, 15) is 9.59 Å². The highest BCUT2D eigenvalue weighted by atomic mass is 16.5. The third-order valence-electron chi connectivity index (χ3n) is 7.70. The molecule has 1 saturated carbocycles. The van der Waals surface area contributed by atoms with Gasteiger partial charge in [0.05, 0.1) is 31.9 Å². The second kappa shape index (κ2) is 10.7. The number of carbonyl (C=O) groups is 2. The highest BCUT2D eigenvalue weighted by Crippen LogP contribution is 2.46. The quantitative estimate of drug-likeness (QED) is 0.435. The fourth-order valence-electron chi connectivity index (χ4n) is 5.88. The van der Waals surface area contributed by atoms with Gasteiger partial charge in [0.15, 0.2) is 0 Å². The zero-order chi connectivity index (χ0) is 25.9. The van der Waals surface area contributed by atoms with E-state index in [-0.39, 0.29) is 17.9 Å². The van der Waals surface area contributed by atoms with Crippen LogP contribution in [0, 0.1) is 6.92 Å². The van der Waals surface area contributed by atoms with Gasteiger partial charge in [0.2, 0.25) is 5.91 Å². The molecule has 2 atom stereocenters. The summed E-state index contributed by atoms with van der Waals surface area (Å²) in [5, 5.41) is 3.15. The van der Waals surface area contributed by atoms with Crippen LogP contribution >= 0.6 is 0 Å². The summed E-state index contributed by atoms with van der Waals surface area (Å²) in [4.78, 5) is 30.3. The Labute approximate surface area is 218 Å². The maximum atomic E-state index is 14.2. The first-order valence-corrected chi connectivity index (χ1v) is 13.0. The van der Waals surface area contributed by atoms with E-state index in [0.29, 0.717) is 17.0 Å². The van der Waals surface area contributed by atoms with Crippen LogP contribution in [-0.2, 0) is 4.79 Å². The predicted octanol–water partition coefficient (Wildman–Crippen LogP) is 6.26. The molecule has 1 aliphatic heterocycles. The molecule has 0 saturated heterocycles. The number of aryl methyl sites for hydroxylation is 1. The van der Waals surface area contributed by atoms with Crippen molar-refractivity contribution >= 4 is 17.5 Å². The van der Waals surface area contributed by atoms with Crippen LogP contribution in [0.4, 0.5) is 5.69 Å². The molecule has 1 fully saturated rings. The number of anilines is 1. The molecule has 0 aromatic heterocycles. The number of carbonyl (C=O) groups excluding carboxylic acids is 2. The van der Waals surface area contributed by atoms with Crippen LogP contribution in [0.25, 0.3) is 0 Å². The Hall–Kier alpha value is -3.80. The van der Waals surface area contributed by atoms with E-state index in [1.165, 1.54) is 6.42 Å². The lowest BCUT2D eigenvalue weighted by Crippen LogP contribution is -2.51. The number of hydrogen-bond acceptors (Lipinski definition) is 4. The summed E-state index contributed by atoms with van der Waals surface area (Å²) in [6, 6.07) is 20.7. The highest BCUT2D eigenvalue weighted by molar-refractivity contribution is 6.05. The van der Waals surface area contributed by atoms with E-state index < -0.39 is 12.0 Å². The molecule has 37 heavy (non-hydrogen) atoms. The third kappa shape index (κ3) is 4.80. The van der Waals surface area contributed by atoms with Crippen LogP contribution in [0.5, 0.6) is 11.5 Å². The number of amides is 2. The normalized spacial score (nSPS) is 19.8. The Balaban J connectivity index is 1.64. The number of rotatable bonds is 6. The van der Waals surface area contributed by atoms with Crippen molar-refractivity contribution in [2.45, 2.75) is 57.0 Å². The Kier molecular flexibility index (Phi) is 7.17. The van der Waals surface area contributed by atoms with Gasteiger partial charge in [-0.1, -0.05) is 55.7 Å². The first-order valence-electron chi connectivity index (χ1n) is 13.0.